The molecule has 0 radical (unpaired) electrons. The molecule has 0 amide bonds. The van der Waals surface area contributed by atoms with Crippen molar-refractivity contribution in [3.8, 4) is 0 Å². The number of carboxylic acid groups (broad SMARTS) is 1. The number of nitrogens with zero attached hydrogens (tertiary/aromatic N) is 1. The van der Waals surface area contributed by atoms with Crippen LogP contribution in [0, 0.1) is 0 Å². The van der Waals surface area contributed by atoms with Crippen LogP contribution in [0.15, 0.2) is 22.8 Å². The van der Waals surface area contributed by atoms with Gasteiger partial charge in [0.1, 0.15) is 5.76 Å². The standard InChI is InChI=1S/C14H21NO3/c1-11(9-13-6-4-8-18-13)15-7-3-2-5-12(15)10-14(16)17/h4,6,8,11-12H,2-3,5,7,9-10H2,1H3,(H,16,17). The summed E-state index contributed by atoms with van der Waals surface area (Å²) in [7, 11) is 0. The highest BCUT2D eigenvalue weighted by molar-refractivity contribution is 5.67. The fourth-order valence-electron chi connectivity index (χ4n) is 2.86. The highest BCUT2D eigenvalue weighted by Crippen LogP contribution is 2.23. The van der Waals surface area contributed by atoms with Gasteiger partial charge in [0.05, 0.1) is 12.7 Å². The highest BCUT2D eigenvalue weighted by atomic mass is 16.4. The third-order valence-electron chi connectivity index (χ3n) is 3.73. The van der Waals surface area contributed by atoms with Crippen molar-refractivity contribution in [3.05, 3.63) is 24.2 Å². The second-order valence-corrected chi connectivity index (χ2v) is 5.12. The van der Waals surface area contributed by atoms with Crippen molar-refractivity contribution >= 4 is 5.97 Å². The Hall–Kier alpha value is -1.29. The molecule has 2 heterocycles. The van der Waals surface area contributed by atoms with E-state index < -0.39 is 5.97 Å². The Labute approximate surface area is 108 Å². The van der Waals surface area contributed by atoms with Crippen LogP contribution in [-0.4, -0.2) is 34.6 Å². The average Bonchev–Trinajstić information content (AvgIpc) is 2.81. The van der Waals surface area contributed by atoms with E-state index in [0.717, 1.165) is 31.6 Å². The van der Waals surface area contributed by atoms with Crippen LogP contribution in [0.3, 0.4) is 0 Å². The SMILES string of the molecule is CC(Cc1ccco1)N1CCCCC1CC(=O)O. The van der Waals surface area contributed by atoms with E-state index in [1.165, 1.54) is 6.42 Å². The largest absolute Gasteiger partial charge is 0.481 e. The van der Waals surface area contributed by atoms with Crippen molar-refractivity contribution in [1.82, 2.24) is 4.90 Å². The summed E-state index contributed by atoms with van der Waals surface area (Å²) < 4.78 is 5.37. The molecule has 1 N–H and O–H groups in total. The van der Waals surface area contributed by atoms with E-state index in [0.29, 0.717) is 6.04 Å². The van der Waals surface area contributed by atoms with E-state index >= 15 is 0 Å². The molecule has 0 aromatic carbocycles. The summed E-state index contributed by atoms with van der Waals surface area (Å²) in [5.41, 5.74) is 0. The molecule has 2 rings (SSSR count). The van der Waals surface area contributed by atoms with Crippen molar-refractivity contribution in [1.29, 1.82) is 0 Å². The van der Waals surface area contributed by atoms with Crippen molar-refractivity contribution in [2.45, 2.75) is 51.1 Å². The Kier molecular flexibility index (Phi) is 4.42. The summed E-state index contributed by atoms with van der Waals surface area (Å²) in [4.78, 5) is 13.2. The van der Waals surface area contributed by atoms with Crippen LogP contribution in [-0.2, 0) is 11.2 Å². The maximum absolute atomic E-state index is 10.9. The van der Waals surface area contributed by atoms with Crippen LogP contribution in [0.2, 0.25) is 0 Å². The van der Waals surface area contributed by atoms with Crippen LogP contribution in [0.25, 0.3) is 0 Å². The second kappa shape index (κ2) is 6.05. The van der Waals surface area contributed by atoms with Gasteiger partial charge in [-0.05, 0) is 38.4 Å². The summed E-state index contributed by atoms with van der Waals surface area (Å²) in [5.74, 6) is 0.277. The fourth-order valence-corrected chi connectivity index (χ4v) is 2.86. The first-order valence-electron chi connectivity index (χ1n) is 6.66. The minimum Gasteiger partial charge on any atom is -0.481 e. The predicted molar refractivity (Wildman–Crippen MR) is 68.5 cm³/mol. The molecule has 1 aliphatic rings. The second-order valence-electron chi connectivity index (χ2n) is 5.12. The van der Waals surface area contributed by atoms with Gasteiger partial charge in [-0.15, -0.1) is 0 Å². The van der Waals surface area contributed by atoms with Gasteiger partial charge in [0.25, 0.3) is 0 Å². The van der Waals surface area contributed by atoms with Gasteiger partial charge in [-0.3, -0.25) is 9.69 Å². The number of aliphatic carboxylic acids is 1. The van der Waals surface area contributed by atoms with Gasteiger partial charge in [-0.2, -0.15) is 0 Å². The summed E-state index contributed by atoms with van der Waals surface area (Å²) >= 11 is 0. The molecular formula is C14H21NO3. The normalized spacial score (nSPS) is 22.8. The smallest absolute Gasteiger partial charge is 0.304 e. The third kappa shape index (κ3) is 3.35. The first-order chi connectivity index (χ1) is 8.66. The molecule has 0 saturated carbocycles. The van der Waals surface area contributed by atoms with Gasteiger partial charge in [0.15, 0.2) is 0 Å². The molecule has 4 heteroatoms. The van der Waals surface area contributed by atoms with Gasteiger partial charge in [-0.1, -0.05) is 6.42 Å². The molecule has 1 aromatic rings. The Morgan fingerprint density at radius 2 is 2.44 bits per heavy atom. The lowest BCUT2D eigenvalue weighted by Gasteiger charge is -2.39. The van der Waals surface area contributed by atoms with Gasteiger partial charge in [-0.25, -0.2) is 0 Å². The van der Waals surface area contributed by atoms with Crippen molar-refractivity contribution in [2.75, 3.05) is 6.54 Å². The van der Waals surface area contributed by atoms with Gasteiger partial charge < -0.3 is 9.52 Å². The van der Waals surface area contributed by atoms with Crippen LogP contribution < -0.4 is 0 Å². The Balaban J connectivity index is 1.96. The van der Waals surface area contributed by atoms with Gasteiger partial charge >= 0.3 is 5.97 Å². The van der Waals surface area contributed by atoms with E-state index in [1.54, 1.807) is 6.26 Å². The van der Waals surface area contributed by atoms with Crippen molar-refractivity contribution in [3.63, 3.8) is 0 Å². The first kappa shape index (κ1) is 13.1. The Morgan fingerprint density at radius 3 is 3.11 bits per heavy atom. The molecule has 4 nitrogen and oxygen atoms in total. The van der Waals surface area contributed by atoms with E-state index in [4.69, 9.17) is 9.52 Å². The molecule has 0 aliphatic carbocycles. The minimum absolute atomic E-state index is 0.182. The highest BCUT2D eigenvalue weighted by Gasteiger charge is 2.28. The number of hydrogen-bond donors (Lipinski definition) is 1. The summed E-state index contributed by atoms with van der Waals surface area (Å²) in [6, 6.07) is 4.39. The first-order valence-corrected chi connectivity index (χ1v) is 6.66. The minimum atomic E-state index is -0.697. The quantitative estimate of drug-likeness (QED) is 0.873. The summed E-state index contributed by atoms with van der Waals surface area (Å²) in [6.45, 7) is 3.16. The lowest BCUT2D eigenvalue weighted by atomic mass is 9.96. The molecule has 2 atom stereocenters. The number of carboxylic acids is 1. The van der Waals surface area contributed by atoms with Crippen LogP contribution in [0.5, 0.6) is 0 Å². The maximum Gasteiger partial charge on any atom is 0.304 e. The molecule has 0 bridgehead atoms. The van der Waals surface area contributed by atoms with E-state index in [2.05, 4.69) is 11.8 Å². The number of rotatable bonds is 5. The third-order valence-corrected chi connectivity index (χ3v) is 3.73. The van der Waals surface area contributed by atoms with Crippen molar-refractivity contribution < 1.29 is 14.3 Å². The average molecular weight is 251 g/mol. The molecule has 0 spiro atoms. The fraction of sp³-hybridized carbons (Fsp3) is 0.643. The molecule has 1 saturated heterocycles. The summed E-state index contributed by atoms with van der Waals surface area (Å²) in [5, 5.41) is 8.98. The molecule has 100 valence electrons. The Bertz CT molecular complexity index is 374. The van der Waals surface area contributed by atoms with Crippen LogP contribution in [0.4, 0.5) is 0 Å². The van der Waals surface area contributed by atoms with E-state index in [9.17, 15) is 4.79 Å². The zero-order valence-corrected chi connectivity index (χ0v) is 10.8. The molecular weight excluding hydrogens is 230 g/mol. The lowest BCUT2D eigenvalue weighted by Crippen LogP contribution is -2.46. The lowest BCUT2D eigenvalue weighted by molar-refractivity contribution is -0.139. The zero-order valence-electron chi connectivity index (χ0n) is 10.8. The number of likely N-dealkylation sites (tertiary alicyclic amines) is 1. The van der Waals surface area contributed by atoms with Crippen LogP contribution in [0.1, 0.15) is 38.4 Å². The Morgan fingerprint density at radius 1 is 1.61 bits per heavy atom. The predicted octanol–water partition coefficient (Wildman–Crippen LogP) is 2.54. The number of piperidine rings is 1. The molecule has 1 aliphatic heterocycles. The monoisotopic (exact) mass is 251 g/mol. The molecule has 1 fully saturated rings. The topological polar surface area (TPSA) is 53.7 Å². The van der Waals surface area contributed by atoms with E-state index in [1.807, 2.05) is 12.1 Å². The van der Waals surface area contributed by atoms with Crippen molar-refractivity contribution in [2.24, 2.45) is 0 Å². The maximum atomic E-state index is 10.9. The van der Waals surface area contributed by atoms with Gasteiger partial charge in [0.2, 0.25) is 0 Å². The molecule has 2 unspecified atom stereocenters. The zero-order chi connectivity index (χ0) is 13.0. The van der Waals surface area contributed by atoms with Gasteiger partial charge in [0, 0.05) is 18.5 Å². The molecule has 18 heavy (non-hydrogen) atoms. The number of hydrogen-bond acceptors (Lipinski definition) is 3. The van der Waals surface area contributed by atoms with E-state index in [-0.39, 0.29) is 12.5 Å². The molecule has 1 aromatic heterocycles. The number of furan rings is 1. The van der Waals surface area contributed by atoms with Crippen LogP contribution >= 0.6 is 0 Å². The summed E-state index contributed by atoms with van der Waals surface area (Å²) in [6.07, 6.45) is 6.09. The number of carbonyl (C=O) groups is 1.